The van der Waals surface area contributed by atoms with Crippen molar-refractivity contribution in [3.63, 3.8) is 0 Å². The molecule has 0 radical (unpaired) electrons. The Kier molecular flexibility index (Phi) is 5.96. The highest BCUT2D eigenvalue weighted by Crippen LogP contribution is 2.25. The molecule has 1 N–H and O–H groups in total. The van der Waals surface area contributed by atoms with Crippen LogP contribution in [0.15, 0.2) is 71.6 Å². The van der Waals surface area contributed by atoms with Crippen molar-refractivity contribution >= 4 is 38.9 Å². The normalized spacial score (nSPS) is 11.2. The summed E-state index contributed by atoms with van der Waals surface area (Å²) in [6.45, 7) is 3.70. The standard InChI is InChI=1S/C22H21ClN2O3S/c1-15-7-4-9-18(13-15)25(3)29(27,28)19-10-5-8-17(14-19)22(26)24-21-12-6-11-20(23)16(21)2/h4-14H,1-3H3,(H,24,26). The maximum absolute atomic E-state index is 13.1. The monoisotopic (exact) mass is 428 g/mol. The van der Waals surface area contributed by atoms with Gasteiger partial charge >= 0.3 is 0 Å². The zero-order valence-electron chi connectivity index (χ0n) is 16.3. The fraction of sp³-hybridized carbons (Fsp3) is 0.136. The number of rotatable bonds is 5. The van der Waals surface area contributed by atoms with Crippen LogP contribution >= 0.6 is 11.6 Å². The predicted octanol–water partition coefficient (Wildman–Crippen LogP) is 5.03. The molecule has 150 valence electrons. The quantitative estimate of drug-likeness (QED) is 0.619. The van der Waals surface area contributed by atoms with E-state index in [0.717, 1.165) is 11.1 Å². The van der Waals surface area contributed by atoms with E-state index in [1.807, 2.05) is 13.0 Å². The first-order valence-electron chi connectivity index (χ1n) is 8.92. The smallest absolute Gasteiger partial charge is 0.264 e. The summed E-state index contributed by atoms with van der Waals surface area (Å²) < 4.78 is 27.3. The summed E-state index contributed by atoms with van der Waals surface area (Å²) in [6, 6.07) is 18.4. The van der Waals surface area contributed by atoms with Crippen LogP contribution in [-0.4, -0.2) is 21.4 Å². The second-order valence-corrected chi connectivity index (χ2v) is 9.08. The van der Waals surface area contributed by atoms with Crippen LogP contribution in [0.1, 0.15) is 21.5 Å². The Morgan fingerprint density at radius 3 is 2.38 bits per heavy atom. The van der Waals surface area contributed by atoms with Crippen molar-refractivity contribution in [2.24, 2.45) is 0 Å². The summed E-state index contributed by atoms with van der Waals surface area (Å²) >= 11 is 6.10. The molecule has 0 saturated carbocycles. The SMILES string of the molecule is Cc1cccc(N(C)S(=O)(=O)c2cccc(C(=O)Nc3cccc(Cl)c3C)c2)c1. The molecule has 3 aromatic carbocycles. The molecule has 29 heavy (non-hydrogen) atoms. The van der Waals surface area contributed by atoms with Crippen molar-refractivity contribution in [3.05, 3.63) is 88.4 Å². The molecular formula is C22H21ClN2O3S. The van der Waals surface area contributed by atoms with Crippen LogP contribution in [0.2, 0.25) is 5.02 Å². The Labute approximate surface area is 176 Å². The van der Waals surface area contributed by atoms with Gasteiger partial charge in [0.05, 0.1) is 10.6 Å². The van der Waals surface area contributed by atoms with Gasteiger partial charge in [0.1, 0.15) is 0 Å². The van der Waals surface area contributed by atoms with Gasteiger partial charge in [0, 0.05) is 23.3 Å². The minimum Gasteiger partial charge on any atom is -0.322 e. The number of sulfonamides is 1. The van der Waals surface area contributed by atoms with Crippen molar-refractivity contribution in [2.45, 2.75) is 18.7 Å². The van der Waals surface area contributed by atoms with Crippen LogP contribution in [0.25, 0.3) is 0 Å². The van der Waals surface area contributed by atoms with Crippen LogP contribution in [0.5, 0.6) is 0 Å². The molecule has 0 aliphatic rings. The summed E-state index contributed by atoms with van der Waals surface area (Å²) in [5, 5.41) is 3.32. The van der Waals surface area contributed by atoms with E-state index in [1.54, 1.807) is 55.5 Å². The number of hydrogen-bond donors (Lipinski definition) is 1. The number of halogens is 1. The number of carbonyl (C=O) groups is 1. The number of amides is 1. The number of aryl methyl sites for hydroxylation is 1. The van der Waals surface area contributed by atoms with Gasteiger partial charge in [0.2, 0.25) is 0 Å². The van der Waals surface area contributed by atoms with Crippen molar-refractivity contribution in [2.75, 3.05) is 16.7 Å². The fourth-order valence-electron chi connectivity index (χ4n) is 2.86. The minimum absolute atomic E-state index is 0.0389. The third-order valence-electron chi connectivity index (χ3n) is 4.64. The lowest BCUT2D eigenvalue weighted by Gasteiger charge is -2.20. The molecule has 3 rings (SSSR count). The lowest BCUT2D eigenvalue weighted by Crippen LogP contribution is -2.27. The number of nitrogens with zero attached hydrogens (tertiary/aromatic N) is 1. The number of hydrogen-bond acceptors (Lipinski definition) is 3. The number of anilines is 2. The molecule has 0 bridgehead atoms. The molecule has 3 aromatic rings. The van der Waals surface area contributed by atoms with Gasteiger partial charge in [-0.15, -0.1) is 0 Å². The summed E-state index contributed by atoms with van der Waals surface area (Å²) in [4.78, 5) is 12.7. The molecular weight excluding hydrogens is 408 g/mol. The minimum atomic E-state index is -3.82. The molecule has 0 atom stereocenters. The average molecular weight is 429 g/mol. The summed E-state index contributed by atoms with van der Waals surface area (Å²) in [5.41, 5.74) is 3.06. The summed E-state index contributed by atoms with van der Waals surface area (Å²) in [7, 11) is -2.33. The van der Waals surface area contributed by atoms with E-state index in [-0.39, 0.29) is 10.5 Å². The third kappa shape index (κ3) is 4.44. The Bertz CT molecular complexity index is 1180. The van der Waals surface area contributed by atoms with Gasteiger partial charge in [-0.25, -0.2) is 8.42 Å². The molecule has 5 nitrogen and oxygen atoms in total. The first-order chi connectivity index (χ1) is 13.7. The third-order valence-corrected chi connectivity index (χ3v) is 6.83. The molecule has 0 aliphatic carbocycles. The fourth-order valence-corrected chi connectivity index (χ4v) is 4.26. The van der Waals surface area contributed by atoms with E-state index in [2.05, 4.69) is 5.32 Å². The molecule has 0 unspecified atom stereocenters. The molecule has 7 heteroatoms. The molecule has 0 saturated heterocycles. The Hall–Kier alpha value is -2.83. The number of nitrogens with one attached hydrogen (secondary N) is 1. The molecule has 0 aliphatic heterocycles. The van der Waals surface area contributed by atoms with Gasteiger partial charge in [-0.3, -0.25) is 9.10 Å². The average Bonchev–Trinajstić information content (AvgIpc) is 2.71. The van der Waals surface area contributed by atoms with Gasteiger partial charge in [0.25, 0.3) is 15.9 Å². The van der Waals surface area contributed by atoms with Crippen LogP contribution < -0.4 is 9.62 Å². The zero-order chi connectivity index (χ0) is 21.2. The largest absolute Gasteiger partial charge is 0.322 e. The lowest BCUT2D eigenvalue weighted by atomic mass is 10.1. The van der Waals surface area contributed by atoms with Gasteiger partial charge in [-0.1, -0.05) is 35.9 Å². The van der Waals surface area contributed by atoms with E-state index < -0.39 is 15.9 Å². The van der Waals surface area contributed by atoms with Crippen LogP contribution in [0.3, 0.4) is 0 Å². The Morgan fingerprint density at radius 2 is 1.66 bits per heavy atom. The topological polar surface area (TPSA) is 66.5 Å². The van der Waals surface area contributed by atoms with Crippen molar-refractivity contribution in [1.29, 1.82) is 0 Å². The highest BCUT2D eigenvalue weighted by molar-refractivity contribution is 7.92. The van der Waals surface area contributed by atoms with Crippen molar-refractivity contribution in [3.8, 4) is 0 Å². The maximum atomic E-state index is 13.1. The van der Waals surface area contributed by atoms with Crippen LogP contribution in [0.4, 0.5) is 11.4 Å². The number of carbonyl (C=O) groups excluding carboxylic acids is 1. The second-order valence-electron chi connectivity index (χ2n) is 6.71. The maximum Gasteiger partial charge on any atom is 0.264 e. The van der Waals surface area contributed by atoms with Gasteiger partial charge in [-0.05, 0) is 67.4 Å². The van der Waals surface area contributed by atoms with E-state index in [9.17, 15) is 13.2 Å². The van der Waals surface area contributed by atoms with Gasteiger partial charge in [-0.2, -0.15) is 0 Å². The molecule has 0 spiro atoms. The molecule has 1 amide bonds. The summed E-state index contributed by atoms with van der Waals surface area (Å²) in [6.07, 6.45) is 0. The predicted molar refractivity (Wildman–Crippen MR) is 117 cm³/mol. The number of benzene rings is 3. The Balaban J connectivity index is 1.90. The zero-order valence-corrected chi connectivity index (χ0v) is 17.9. The summed E-state index contributed by atoms with van der Waals surface area (Å²) in [5.74, 6) is -0.411. The van der Waals surface area contributed by atoms with Gasteiger partial charge < -0.3 is 5.32 Å². The Morgan fingerprint density at radius 1 is 0.966 bits per heavy atom. The first-order valence-corrected chi connectivity index (χ1v) is 10.7. The second kappa shape index (κ2) is 8.27. The highest BCUT2D eigenvalue weighted by Gasteiger charge is 2.22. The highest BCUT2D eigenvalue weighted by atomic mass is 35.5. The van der Waals surface area contributed by atoms with Crippen molar-refractivity contribution < 1.29 is 13.2 Å². The van der Waals surface area contributed by atoms with Gasteiger partial charge in [0.15, 0.2) is 0 Å². The van der Waals surface area contributed by atoms with Crippen LogP contribution in [0, 0.1) is 13.8 Å². The van der Waals surface area contributed by atoms with E-state index in [4.69, 9.17) is 11.6 Å². The van der Waals surface area contributed by atoms with E-state index in [1.165, 1.54) is 23.5 Å². The molecule has 0 fully saturated rings. The van der Waals surface area contributed by atoms with Crippen LogP contribution in [-0.2, 0) is 10.0 Å². The first kappa shape index (κ1) is 20.9. The molecule has 0 aromatic heterocycles. The van der Waals surface area contributed by atoms with E-state index >= 15 is 0 Å². The molecule has 0 heterocycles. The van der Waals surface area contributed by atoms with E-state index in [0.29, 0.717) is 16.4 Å². The lowest BCUT2D eigenvalue weighted by molar-refractivity contribution is 0.102. The van der Waals surface area contributed by atoms with Crippen molar-refractivity contribution in [1.82, 2.24) is 0 Å².